The number of anilines is 2. The van der Waals surface area contributed by atoms with Crippen molar-refractivity contribution in [2.24, 2.45) is 0 Å². The smallest absolute Gasteiger partial charge is 0.337 e. The fraction of sp³-hybridized carbons (Fsp3) is 0.194. The average Bonchev–Trinajstić information content (AvgIpc) is 2.94. The number of nitrogens with zero attached hydrogens (tertiary/aromatic N) is 2. The van der Waals surface area contributed by atoms with Gasteiger partial charge in [0.05, 0.1) is 11.3 Å². The van der Waals surface area contributed by atoms with Crippen molar-refractivity contribution in [2.75, 3.05) is 23.3 Å². The highest BCUT2D eigenvalue weighted by atomic mass is 35.5. The molecule has 7 nitrogen and oxygen atoms in total. The molecule has 0 saturated carbocycles. The summed E-state index contributed by atoms with van der Waals surface area (Å²) in [5.41, 5.74) is 2.66. The number of piperidine rings is 1. The van der Waals surface area contributed by atoms with E-state index in [0.717, 1.165) is 48.4 Å². The maximum Gasteiger partial charge on any atom is 0.337 e. The molecule has 0 radical (unpaired) electrons. The van der Waals surface area contributed by atoms with E-state index in [0.29, 0.717) is 16.5 Å². The van der Waals surface area contributed by atoms with Crippen molar-refractivity contribution in [2.45, 2.75) is 25.4 Å². The zero-order valence-corrected chi connectivity index (χ0v) is 21.8. The van der Waals surface area contributed by atoms with Gasteiger partial charge in [-0.1, -0.05) is 54.1 Å². The minimum atomic E-state index is -1.25. The number of likely N-dealkylation sites (tertiary alicyclic amines) is 1. The van der Waals surface area contributed by atoms with Crippen LogP contribution < -0.4 is 10.2 Å². The van der Waals surface area contributed by atoms with Crippen molar-refractivity contribution in [3.63, 3.8) is 0 Å². The van der Waals surface area contributed by atoms with Crippen LogP contribution in [-0.2, 0) is 6.54 Å². The van der Waals surface area contributed by atoms with Gasteiger partial charge in [0.1, 0.15) is 0 Å². The number of aromatic carboxylic acids is 1. The number of hydrogen-bond acceptors (Lipinski definition) is 5. The predicted octanol–water partition coefficient (Wildman–Crippen LogP) is 6.07. The number of carbonyl (C=O) groups excluding carboxylic acids is 2. The molecule has 1 fully saturated rings. The van der Waals surface area contributed by atoms with Crippen molar-refractivity contribution in [3.05, 3.63) is 106 Å². The third-order valence-electron chi connectivity index (χ3n) is 7.53. The summed E-state index contributed by atoms with van der Waals surface area (Å²) >= 11 is 6.13. The molecule has 2 N–H and O–H groups in total. The Balaban J connectivity index is 1.27. The third kappa shape index (κ3) is 4.64. The highest BCUT2D eigenvalue weighted by Crippen LogP contribution is 2.38. The summed E-state index contributed by atoms with van der Waals surface area (Å²) in [5, 5.41) is 14.9. The van der Waals surface area contributed by atoms with Crippen LogP contribution in [0.15, 0.2) is 78.9 Å². The summed E-state index contributed by atoms with van der Waals surface area (Å²) in [5.74, 6) is -2.40. The maximum atomic E-state index is 13.6. The molecule has 0 unspecified atom stereocenters. The zero-order valence-electron chi connectivity index (χ0n) is 21.1. The lowest BCUT2D eigenvalue weighted by Crippen LogP contribution is -2.41. The van der Waals surface area contributed by atoms with Crippen LogP contribution in [0, 0.1) is 0 Å². The van der Waals surface area contributed by atoms with Crippen LogP contribution in [0.5, 0.6) is 0 Å². The van der Waals surface area contributed by atoms with E-state index in [1.54, 1.807) is 18.2 Å². The first-order chi connectivity index (χ1) is 18.9. The molecular weight excluding hydrogens is 514 g/mol. The maximum absolute atomic E-state index is 13.6. The Labute approximate surface area is 230 Å². The van der Waals surface area contributed by atoms with Crippen molar-refractivity contribution >= 4 is 51.5 Å². The normalized spacial score (nSPS) is 16.1. The fourth-order valence-electron chi connectivity index (χ4n) is 5.61. The Morgan fingerprint density at radius 2 is 1.62 bits per heavy atom. The van der Waals surface area contributed by atoms with Crippen LogP contribution in [-0.4, -0.2) is 46.9 Å². The average molecular weight is 540 g/mol. The number of nitrogens with one attached hydrogen (secondary N) is 1. The molecule has 4 aromatic rings. The van der Waals surface area contributed by atoms with Crippen molar-refractivity contribution in [3.8, 4) is 0 Å². The quantitative estimate of drug-likeness (QED) is 0.289. The lowest BCUT2D eigenvalue weighted by Gasteiger charge is -2.33. The molecule has 4 aromatic carbocycles. The first-order valence-electron chi connectivity index (χ1n) is 12.9. The third-order valence-corrected chi connectivity index (χ3v) is 7.77. The topological polar surface area (TPSA) is 89.9 Å². The monoisotopic (exact) mass is 539 g/mol. The number of amides is 2. The molecule has 39 heavy (non-hydrogen) atoms. The molecule has 6 rings (SSSR count). The van der Waals surface area contributed by atoms with E-state index in [4.69, 9.17) is 11.6 Å². The van der Waals surface area contributed by atoms with Gasteiger partial charge in [0.2, 0.25) is 0 Å². The van der Waals surface area contributed by atoms with Crippen LogP contribution in [0.4, 0.5) is 11.4 Å². The number of halogens is 1. The zero-order chi connectivity index (χ0) is 27.1. The molecule has 2 aliphatic rings. The van der Waals surface area contributed by atoms with E-state index >= 15 is 0 Å². The van der Waals surface area contributed by atoms with Crippen molar-refractivity contribution in [1.29, 1.82) is 0 Å². The van der Waals surface area contributed by atoms with Gasteiger partial charge in [-0.2, -0.15) is 0 Å². The molecule has 8 heteroatoms. The van der Waals surface area contributed by atoms with Gasteiger partial charge in [-0.05, 0) is 54.8 Å². The van der Waals surface area contributed by atoms with Crippen molar-refractivity contribution in [1.82, 2.24) is 4.90 Å². The predicted molar refractivity (Wildman–Crippen MR) is 152 cm³/mol. The summed E-state index contributed by atoms with van der Waals surface area (Å²) < 4.78 is 0. The largest absolute Gasteiger partial charge is 0.478 e. The Bertz CT molecular complexity index is 1590. The summed E-state index contributed by atoms with van der Waals surface area (Å²) in [7, 11) is 0. The lowest BCUT2D eigenvalue weighted by molar-refractivity contribution is 0.0698. The number of benzene rings is 4. The van der Waals surface area contributed by atoms with Gasteiger partial charge in [0, 0.05) is 58.3 Å². The van der Waals surface area contributed by atoms with Gasteiger partial charge >= 0.3 is 5.97 Å². The second-order valence-electron chi connectivity index (χ2n) is 9.98. The second kappa shape index (κ2) is 10.2. The number of imide groups is 1. The number of carbonyl (C=O) groups is 3. The summed E-state index contributed by atoms with van der Waals surface area (Å²) in [6.07, 6.45) is 1.96. The second-order valence-corrected chi connectivity index (χ2v) is 10.4. The Morgan fingerprint density at radius 3 is 2.33 bits per heavy atom. The first-order valence-corrected chi connectivity index (χ1v) is 13.3. The van der Waals surface area contributed by atoms with E-state index in [-0.39, 0.29) is 22.3 Å². The summed E-state index contributed by atoms with van der Waals surface area (Å²) in [6, 6.07) is 23.8. The molecule has 2 aliphatic heterocycles. The molecule has 2 heterocycles. The van der Waals surface area contributed by atoms with Gasteiger partial charge in [-0.15, -0.1) is 0 Å². The minimum absolute atomic E-state index is 0.0443. The van der Waals surface area contributed by atoms with Gasteiger partial charge in [0.25, 0.3) is 11.8 Å². The first kappa shape index (κ1) is 25.1. The van der Waals surface area contributed by atoms with Crippen molar-refractivity contribution < 1.29 is 19.5 Å². The van der Waals surface area contributed by atoms with Crippen LogP contribution in [0.1, 0.15) is 49.5 Å². The lowest BCUT2D eigenvalue weighted by atomic mass is 9.92. The minimum Gasteiger partial charge on any atom is -0.478 e. The van der Waals surface area contributed by atoms with E-state index in [9.17, 15) is 19.5 Å². The molecule has 0 aromatic heterocycles. The van der Waals surface area contributed by atoms with E-state index in [1.165, 1.54) is 23.8 Å². The fourth-order valence-corrected chi connectivity index (χ4v) is 5.77. The molecule has 2 amide bonds. The van der Waals surface area contributed by atoms with E-state index < -0.39 is 17.8 Å². The highest BCUT2D eigenvalue weighted by Gasteiger charge is 2.36. The molecule has 1 saturated heterocycles. The molecule has 0 spiro atoms. The van der Waals surface area contributed by atoms with Crippen LogP contribution in [0.25, 0.3) is 10.8 Å². The van der Waals surface area contributed by atoms with Gasteiger partial charge in [-0.25, -0.2) is 9.69 Å². The van der Waals surface area contributed by atoms with Crippen LogP contribution in [0.3, 0.4) is 0 Å². The van der Waals surface area contributed by atoms with E-state index in [1.807, 2.05) is 18.2 Å². The van der Waals surface area contributed by atoms with Crippen LogP contribution in [0.2, 0.25) is 5.02 Å². The Morgan fingerprint density at radius 1 is 0.897 bits per heavy atom. The summed E-state index contributed by atoms with van der Waals surface area (Å²) in [4.78, 5) is 42.5. The summed E-state index contributed by atoms with van der Waals surface area (Å²) in [6.45, 7) is 2.89. The van der Waals surface area contributed by atoms with Crippen LogP contribution >= 0.6 is 11.6 Å². The SMILES string of the molecule is O=C(O)c1ccc(Cl)cc1N1C(=O)c2cccc3c(NC4CCN(Cc5ccccc5)CC4)ccc(c23)C1=O. The standard InChI is InChI=1S/C31H26ClN3O4/c32-20-9-10-23(31(38)39)27(17-20)35-29(36)24-8-4-7-22-26(12-11-25(28(22)24)30(35)37)33-21-13-15-34(16-14-21)18-19-5-2-1-3-6-19/h1-12,17,21,33H,13-16,18H2,(H,38,39). The molecule has 0 bridgehead atoms. The molecule has 0 atom stereocenters. The number of rotatable bonds is 6. The molecule has 0 aliphatic carbocycles. The van der Waals surface area contributed by atoms with Gasteiger partial charge in [-0.3, -0.25) is 14.5 Å². The molecule has 196 valence electrons. The molecular formula is C31H26ClN3O4. The Hall–Kier alpha value is -4.20. The number of carboxylic acids is 1. The van der Waals surface area contributed by atoms with E-state index in [2.05, 4.69) is 34.5 Å². The number of hydrogen-bond donors (Lipinski definition) is 2. The van der Waals surface area contributed by atoms with Gasteiger partial charge < -0.3 is 10.4 Å². The number of carboxylic acid groups (broad SMARTS) is 1. The Kier molecular flexibility index (Phi) is 6.54. The van der Waals surface area contributed by atoms with Gasteiger partial charge in [0.15, 0.2) is 0 Å². The highest BCUT2D eigenvalue weighted by molar-refractivity contribution is 6.38.